The van der Waals surface area contributed by atoms with Crippen LogP contribution in [0.5, 0.6) is 0 Å². The Morgan fingerprint density at radius 2 is 1.86 bits per heavy atom. The van der Waals surface area contributed by atoms with Gasteiger partial charge in [0.2, 0.25) is 0 Å². The highest BCUT2D eigenvalue weighted by molar-refractivity contribution is 5.48. The van der Waals surface area contributed by atoms with Crippen molar-refractivity contribution in [3.05, 3.63) is 36.7 Å². The number of rotatable bonds is 4. The van der Waals surface area contributed by atoms with Crippen LogP contribution < -0.4 is 5.32 Å². The van der Waals surface area contributed by atoms with Crippen LogP contribution in [0.2, 0.25) is 0 Å². The smallest absolute Gasteiger partial charge is 0.0858 e. The monoisotopic (exact) mass is 285 g/mol. The number of nitrogens with zero attached hydrogens (tertiary/aromatic N) is 4. The van der Waals surface area contributed by atoms with Gasteiger partial charge in [-0.15, -0.1) is 0 Å². The van der Waals surface area contributed by atoms with Gasteiger partial charge in [0, 0.05) is 18.3 Å². The second-order valence-corrected chi connectivity index (χ2v) is 5.57. The predicted octanol–water partition coefficient (Wildman–Crippen LogP) is 2.55. The molecule has 1 saturated heterocycles. The molecular formula is C16H23N5. The van der Waals surface area contributed by atoms with Crippen molar-refractivity contribution in [3.63, 3.8) is 0 Å². The van der Waals surface area contributed by atoms with E-state index in [1.807, 2.05) is 0 Å². The van der Waals surface area contributed by atoms with Crippen LogP contribution in [0, 0.1) is 0 Å². The highest BCUT2D eigenvalue weighted by atomic mass is 15.5. The number of likely N-dealkylation sites (tertiary alicyclic amines) is 1. The minimum Gasteiger partial charge on any atom is -0.382 e. The van der Waals surface area contributed by atoms with E-state index in [2.05, 4.69) is 51.6 Å². The molecule has 2 heterocycles. The largest absolute Gasteiger partial charge is 0.382 e. The Hall–Kier alpha value is -1.88. The van der Waals surface area contributed by atoms with Crippen molar-refractivity contribution < 1.29 is 0 Å². The second kappa shape index (κ2) is 6.72. The van der Waals surface area contributed by atoms with E-state index in [-0.39, 0.29) is 0 Å². The summed E-state index contributed by atoms with van der Waals surface area (Å²) in [6.07, 6.45) is 7.13. The van der Waals surface area contributed by atoms with Crippen LogP contribution in [-0.2, 0) is 0 Å². The molecule has 1 aromatic heterocycles. The molecular weight excluding hydrogens is 262 g/mol. The first-order valence-corrected chi connectivity index (χ1v) is 7.81. The lowest BCUT2D eigenvalue weighted by Crippen LogP contribution is -2.26. The number of benzene rings is 1. The summed E-state index contributed by atoms with van der Waals surface area (Å²) in [5.74, 6) is 0. The van der Waals surface area contributed by atoms with E-state index >= 15 is 0 Å². The summed E-state index contributed by atoms with van der Waals surface area (Å²) >= 11 is 0. The molecule has 1 aliphatic rings. The molecule has 21 heavy (non-hydrogen) atoms. The summed E-state index contributed by atoms with van der Waals surface area (Å²) in [5, 5.41) is 11.9. The normalized spacial score (nSPS) is 20.1. The van der Waals surface area contributed by atoms with E-state index in [0.29, 0.717) is 6.04 Å². The highest BCUT2D eigenvalue weighted by Crippen LogP contribution is 2.18. The Labute approximate surface area is 126 Å². The molecule has 2 aromatic rings. The maximum Gasteiger partial charge on any atom is 0.0858 e. The van der Waals surface area contributed by atoms with Crippen LogP contribution in [0.25, 0.3) is 5.69 Å². The Kier molecular flexibility index (Phi) is 4.50. The SMILES string of the molecule is CCN1CCCC(Nc2ccc(-n3nccn3)cc2)CC1. The van der Waals surface area contributed by atoms with Gasteiger partial charge in [0.05, 0.1) is 18.1 Å². The second-order valence-electron chi connectivity index (χ2n) is 5.57. The van der Waals surface area contributed by atoms with E-state index in [0.717, 1.165) is 12.2 Å². The maximum atomic E-state index is 4.14. The Morgan fingerprint density at radius 3 is 2.57 bits per heavy atom. The molecule has 0 saturated carbocycles. The van der Waals surface area contributed by atoms with Crippen LogP contribution in [0.15, 0.2) is 36.7 Å². The zero-order chi connectivity index (χ0) is 14.5. The first-order chi connectivity index (χ1) is 10.3. The van der Waals surface area contributed by atoms with Gasteiger partial charge < -0.3 is 10.2 Å². The Bertz CT molecular complexity index is 534. The van der Waals surface area contributed by atoms with Crippen LogP contribution in [0.1, 0.15) is 26.2 Å². The van der Waals surface area contributed by atoms with E-state index in [4.69, 9.17) is 0 Å². The summed E-state index contributed by atoms with van der Waals surface area (Å²) in [6.45, 7) is 5.84. The van der Waals surface area contributed by atoms with Crippen molar-refractivity contribution >= 4 is 5.69 Å². The van der Waals surface area contributed by atoms with Crippen molar-refractivity contribution in [2.75, 3.05) is 25.0 Å². The third-order valence-corrected chi connectivity index (χ3v) is 4.16. The molecule has 1 unspecified atom stereocenters. The topological polar surface area (TPSA) is 46.0 Å². The van der Waals surface area contributed by atoms with Crippen LogP contribution >= 0.6 is 0 Å². The summed E-state index contributed by atoms with van der Waals surface area (Å²) in [5.41, 5.74) is 2.17. The molecule has 0 spiro atoms. The van der Waals surface area contributed by atoms with Gasteiger partial charge in [0.15, 0.2) is 0 Å². The average molecular weight is 285 g/mol. The molecule has 1 N–H and O–H groups in total. The van der Waals surface area contributed by atoms with Crippen molar-refractivity contribution in [2.24, 2.45) is 0 Å². The number of anilines is 1. The standard InChI is InChI=1S/C16H23N5/c1-2-20-12-3-4-14(9-13-20)19-15-5-7-16(8-6-15)21-17-10-11-18-21/h5-8,10-11,14,19H,2-4,9,12-13H2,1H3. The van der Waals surface area contributed by atoms with Crippen molar-refractivity contribution in [3.8, 4) is 5.69 Å². The summed E-state index contributed by atoms with van der Waals surface area (Å²) < 4.78 is 0. The number of aromatic nitrogens is 3. The van der Waals surface area contributed by atoms with Crippen LogP contribution in [0.3, 0.4) is 0 Å². The molecule has 1 fully saturated rings. The molecule has 0 amide bonds. The van der Waals surface area contributed by atoms with Crippen molar-refractivity contribution in [2.45, 2.75) is 32.2 Å². The van der Waals surface area contributed by atoms with Gasteiger partial charge in [0.25, 0.3) is 0 Å². The minimum absolute atomic E-state index is 0.579. The fraction of sp³-hybridized carbons (Fsp3) is 0.500. The fourth-order valence-corrected chi connectivity index (χ4v) is 2.89. The zero-order valence-corrected chi connectivity index (χ0v) is 12.6. The van der Waals surface area contributed by atoms with Crippen molar-refractivity contribution in [1.82, 2.24) is 19.9 Å². The molecule has 5 nitrogen and oxygen atoms in total. The zero-order valence-electron chi connectivity index (χ0n) is 12.6. The minimum atomic E-state index is 0.579. The lowest BCUT2D eigenvalue weighted by Gasteiger charge is -2.19. The Morgan fingerprint density at radius 1 is 1.10 bits per heavy atom. The van der Waals surface area contributed by atoms with Gasteiger partial charge in [-0.2, -0.15) is 15.0 Å². The predicted molar refractivity (Wildman–Crippen MR) is 84.7 cm³/mol. The highest BCUT2D eigenvalue weighted by Gasteiger charge is 2.15. The number of nitrogens with one attached hydrogen (secondary N) is 1. The first-order valence-electron chi connectivity index (χ1n) is 7.81. The molecule has 1 aliphatic heterocycles. The van der Waals surface area contributed by atoms with E-state index in [9.17, 15) is 0 Å². The van der Waals surface area contributed by atoms with E-state index in [1.54, 1.807) is 17.2 Å². The molecule has 1 atom stereocenters. The summed E-state index contributed by atoms with van der Waals surface area (Å²) in [7, 11) is 0. The lowest BCUT2D eigenvalue weighted by molar-refractivity contribution is 0.300. The van der Waals surface area contributed by atoms with Crippen LogP contribution in [0.4, 0.5) is 5.69 Å². The molecule has 5 heteroatoms. The van der Waals surface area contributed by atoms with E-state index in [1.165, 1.54) is 38.0 Å². The quantitative estimate of drug-likeness (QED) is 0.938. The molecule has 0 bridgehead atoms. The van der Waals surface area contributed by atoms with E-state index < -0.39 is 0 Å². The van der Waals surface area contributed by atoms with Gasteiger partial charge in [-0.1, -0.05) is 6.92 Å². The van der Waals surface area contributed by atoms with Gasteiger partial charge in [0.1, 0.15) is 0 Å². The third-order valence-electron chi connectivity index (χ3n) is 4.16. The first kappa shape index (κ1) is 14.1. The number of hydrogen-bond donors (Lipinski definition) is 1. The van der Waals surface area contributed by atoms with Crippen molar-refractivity contribution in [1.29, 1.82) is 0 Å². The number of hydrogen-bond acceptors (Lipinski definition) is 4. The lowest BCUT2D eigenvalue weighted by atomic mass is 10.1. The van der Waals surface area contributed by atoms with Gasteiger partial charge in [-0.3, -0.25) is 0 Å². The Balaban J connectivity index is 1.60. The molecule has 0 radical (unpaired) electrons. The molecule has 0 aliphatic carbocycles. The molecule has 1 aromatic carbocycles. The maximum absolute atomic E-state index is 4.14. The fourth-order valence-electron chi connectivity index (χ4n) is 2.89. The summed E-state index contributed by atoms with van der Waals surface area (Å²) in [6, 6.07) is 8.91. The molecule has 3 rings (SSSR count). The van der Waals surface area contributed by atoms with Crippen LogP contribution in [-0.4, -0.2) is 45.6 Å². The van der Waals surface area contributed by atoms with Gasteiger partial charge >= 0.3 is 0 Å². The van der Waals surface area contributed by atoms with Gasteiger partial charge in [-0.05, 0) is 56.6 Å². The average Bonchev–Trinajstić information content (AvgIpc) is 2.96. The summed E-state index contributed by atoms with van der Waals surface area (Å²) in [4.78, 5) is 4.17. The molecule has 112 valence electrons. The third kappa shape index (κ3) is 3.61. The van der Waals surface area contributed by atoms with Gasteiger partial charge in [-0.25, -0.2) is 0 Å².